The van der Waals surface area contributed by atoms with Gasteiger partial charge in [-0.1, -0.05) is 35.3 Å². The molecule has 190 valence electrons. The number of halogens is 3. The number of aromatic nitrogens is 2. The van der Waals surface area contributed by atoms with Gasteiger partial charge in [-0.25, -0.2) is 4.98 Å². The van der Waals surface area contributed by atoms with Gasteiger partial charge in [0.2, 0.25) is 5.82 Å². The molecule has 38 heavy (non-hydrogen) atoms. The van der Waals surface area contributed by atoms with Crippen LogP contribution in [0.3, 0.4) is 0 Å². The molecule has 0 unspecified atom stereocenters. The Hall–Kier alpha value is -3.84. The van der Waals surface area contributed by atoms with Gasteiger partial charge in [0, 0.05) is 20.4 Å². The van der Waals surface area contributed by atoms with E-state index in [-0.39, 0.29) is 28.8 Å². The number of hydrogen-bond acceptors (Lipinski definition) is 7. The first-order valence-electron chi connectivity index (χ1n) is 11.3. The van der Waals surface area contributed by atoms with Crippen LogP contribution in [0.1, 0.15) is 12.5 Å². The molecular weight excluding hydrogens is 595 g/mol. The van der Waals surface area contributed by atoms with Crippen molar-refractivity contribution in [2.75, 3.05) is 13.2 Å². The lowest BCUT2D eigenvalue weighted by Gasteiger charge is -2.14. The van der Waals surface area contributed by atoms with E-state index in [9.17, 15) is 4.79 Å². The predicted octanol–water partition coefficient (Wildman–Crippen LogP) is 7.06. The van der Waals surface area contributed by atoms with E-state index in [4.69, 9.17) is 42.4 Å². The summed E-state index contributed by atoms with van der Waals surface area (Å²) < 4.78 is 18.8. The maximum Gasteiger partial charge on any atom is 0.282 e. The number of furan rings is 1. The van der Waals surface area contributed by atoms with Crippen LogP contribution in [0.4, 0.5) is 0 Å². The van der Waals surface area contributed by atoms with E-state index in [1.807, 2.05) is 13.0 Å². The Morgan fingerprint density at radius 1 is 1.18 bits per heavy atom. The monoisotopic (exact) mass is 610 g/mol. The Morgan fingerprint density at radius 2 is 2.00 bits per heavy atom. The Labute approximate surface area is 234 Å². The molecule has 0 aliphatic heterocycles. The topological polar surface area (TPSA) is 103 Å². The Kier molecular flexibility index (Phi) is 7.38. The smallest absolute Gasteiger partial charge is 0.282 e. The standard InChI is InChI=1S/C27H17BrCl2N4O4/c1-2-36-21-13-16(23(28)24(30)25(21)37-10-9-31)14-32-34-26(33-19-6-4-3-5-18(19)27(34)35)22-12-15-11-17(29)7-8-20(15)38-22/h3-8,11-14H,2,10H2,1H3. The Bertz CT molecular complexity index is 1820. The van der Waals surface area contributed by atoms with Crippen LogP contribution in [0, 0.1) is 11.3 Å². The van der Waals surface area contributed by atoms with Crippen LogP contribution in [-0.2, 0) is 0 Å². The van der Waals surface area contributed by atoms with Crippen molar-refractivity contribution in [2.24, 2.45) is 5.10 Å². The fourth-order valence-electron chi connectivity index (χ4n) is 3.83. The number of para-hydroxylation sites is 1. The van der Waals surface area contributed by atoms with E-state index in [2.05, 4.69) is 26.0 Å². The minimum absolute atomic E-state index is 0.200. The molecule has 5 aromatic rings. The van der Waals surface area contributed by atoms with Gasteiger partial charge in [0.05, 0.1) is 23.7 Å². The maximum atomic E-state index is 13.5. The molecule has 0 amide bonds. The molecule has 2 aromatic heterocycles. The fraction of sp³-hybridized carbons (Fsp3) is 0.111. The van der Waals surface area contributed by atoms with Crippen LogP contribution in [-0.4, -0.2) is 29.1 Å². The van der Waals surface area contributed by atoms with Crippen molar-refractivity contribution in [2.45, 2.75) is 6.92 Å². The average Bonchev–Trinajstić information content (AvgIpc) is 3.33. The normalized spacial score (nSPS) is 11.3. The van der Waals surface area contributed by atoms with Gasteiger partial charge in [-0.3, -0.25) is 4.79 Å². The maximum absolute atomic E-state index is 13.5. The van der Waals surface area contributed by atoms with E-state index < -0.39 is 0 Å². The SMILES string of the molecule is CCOc1cc(C=Nn2c(-c3cc4cc(Cl)ccc4o3)nc3ccccc3c2=O)c(Br)c(Cl)c1OCC#N. The van der Waals surface area contributed by atoms with Gasteiger partial charge in [-0.2, -0.15) is 15.0 Å². The number of hydrogen-bond donors (Lipinski definition) is 0. The third-order valence-electron chi connectivity index (χ3n) is 5.50. The van der Waals surface area contributed by atoms with Crippen molar-refractivity contribution >= 4 is 67.2 Å². The molecule has 0 atom stereocenters. The second-order valence-electron chi connectivity index (χ2n) is 7.91. The lowest BCUT2D eigenvalue weighted by atomic mass is 10.2. The molecule has 3 aromatic carbocycles. The van der Waals surface area contributed by atoms with E-state index in [1.165, 1.54) is 10.9 Å². The molecule has 5 rings (SSSR count). The zero-order valence-corrected chi connectivity index (χ0v) is 22.8. The molecule has 0 bridgehead atoms. The van der Waals surface area contributed by atoms with Crippen molar-refractivity contribution in [1.29, 1.82) is 5.26 Å². The van der Waals surface area contributed by atoms with Crippen LogP contribution in [0.5, 0.6) is 11.5 Å². The summed E-state index contributed by atoms with van der Waals surface area (Å²) in [6.45, 7) is 1.94. The number of fused-ring (bicyclic) bond motifs is 2. The van der Waals surface area contributed by atoms with Gasteiger partial charge in [-0.05, 0) is 65.3 Å². The van der Waals surface area contributed by atoms with Crippen molar-refractivity contribution in [3.8, 4) is 29.2 Å². The van der Waals surface area contributed by atoms with Gasteiger partial charge in [0.25, 0.3) is 5.56 Å². The molecule has 2 heterocycles. The summed E-state index contributed by atoms with van der Waals surface area (Å²) in [4.78, 5) is 18.2. The Balaban J connectivity index is 1.69. The molecule has 0 N–H and O–H groups in total. The van der Waals surface area contributed by atoms with Crippen molar-refractivity contribution in [1.82, 2.24) is 9.66 Å². The number of nitrogens with zero attached hydrogens (tertiary/aromatic N) is 4. The number of ether oxygens (including phenoxy) is 2. The average molecular weight is 612 g/mol. The van der Waals surface area contributed by atoms with Crippen LogP contribution >= 0.6 is 39.1 Å². The molecule has 8 nitrogen and oxygen atoms in total. The second-order valence-corrected chi connectivity index (χ2v) is 9.52. The predicted molar refractivity (Wildman–Crippen MR) is 151 cm³/mol. The molecule has 0 radical (unpaired) electrons. The largest absolute Gasteiger partial charge is 0.490 e. The first-order valence-corrected chi connectivity index (χ1v) is 12.9. The summed E-state index contributed by atoms with van der Waals surface area (Å²) in [5.74, 6) is 1.11. The van der Waals surface area contributed by atoms with Gasteiger partial charge in [-0.15, -0.1) is 0 Å². The molecule has 0 aliphatic rings. The van der Waals surface area contributed by atoms with Crippen molar-refractivity contribution < 1.29 is 13.9 Å². The zero-order valence-electron chi connectivity index (χ0n) is 19.7. The minimum atomic E-state index is -0.387. The number of rotatable bonds is 7. The highest BCUT2D eigenvalue weighted by Gasteiger charge is 2.19. The quantitative estimate of drug-likeness (QED) is 0.182. The summed E-state index contributed by atoms with van der Waals surface area (Å²) in [5, 5.41) is 15.3. The first-order chi connectivity index (χ1) is 18.4. The van der Waals surface area contributed by atoms with Gasteiger partial charge >= 0.3 is 0 Å². The Morgan fingerprint density at radius 3 is 2.79 bits per heavy atom. The van der Waals surface area contributed by atoms with Crippen molar-refractivity contribution in [3.63, 3.8) is 0 Å². The summed E-state index contributed by atoms with van der Waals surface area (Å²) >= 11 is 16.1. The van der Waals surface area contributed by atoms with E-state index >= 15 is 0 Å². The third-order valence-corrected chi connectivity index (χ3v) is 7.18. The van der Waals surface area contributed by atoms with Crippen LogP contribution in [0.25, 0.3) is 33.5 Å². The fourth-order valence-corrected chi connectivity index (χ4v) is 4.67. The third kappa shape index (κ3) is 4.86. The minimum Gasteiger partial charge on any atom is -0.490 e. The summed E-state index contributed by atoms with van der Waals surface area (Å²) in [5.41, 5.74) is 1.21. The highest BCUT2D eigenvalue weighted by atomic mass is 79.9. The van der Waals surface area contributed by atoms with E-state index in [0.717, 1.165) is 5.39 Å². The van der Waals surface area contributed by atoms with Crippen molar-refractivity contribution in [3.05, 3.63) is 85.0 Å². The van der Waals surface area contributed by atoms with Gasteiger partial charge in [0.1, 0.15) is 16.7 Å². The molecule has 0 saturated carbocycles. The highest BCUT2D eigenvalue weighted by Crippen LogP contribution is 2.42. The van der Waals surface area contributed by atoms with E-state index in [0.29, 0.717) is 49.7 Å². The van der Waals surface area contributed by atoms with Gasteiger partial charge in [0.15, 0.2) is 23.9 Å². The van der Waals surface area contributed by atoms with E-state index in [1.54, 1.807) is 54.6 Å². The highest BCUT2D eigenvalue weighted by molar-refractivity contribution is 9.10. The zero-order chi connectivity index (χ0) is 26.8. The van der Waals surface area contributed by atoms with Crippen LogP contribution in [0.2, 0.25) is 10.0 Å². The molecule has 0 saturated heterocycles. The molecule has 0 spiro atoms. The second kappa shape index (κ2) is 10.9. The molecule has 0 aliphatic carbocycles. The number of benzene rings is 3. The lowest BCUT2D eigenvalue weighted by molar-refractivity contribution is 0.298. The molecular formula is C27H17BrCl2N4O4. The summed E-state index contributed by atoms with van der Waals surface area (Å²) in [6.07, 6.45) is 1.45. The molecule has 0 fully saturated rings. The van der Waals surface area contributed by atoms with Crippen LogP contribution < -0.4 is 15.0 Å². The van der Waals surface area contributed by atoms with Crippen LogP contribution in [0.15, 0.2) is 73.4 Å². The van der Waals surface area contributed by atoms with Gasteiger partial charge < -0.3 is 13.9 Å². The number of nitriles is 1. The lowest BCUT2D eigenvalue weighted by Crippen LogP contribution is -2.20. The molecule has 11 heteroatoms. The first kappa shape index (κ1) is 25.8. The summed E-state index contributed by atoms with van der Waals surface area (Å²) in [7, 11) is 0. The summed E-state index contributed by atoms with van der Waals surface area (Å²) in [6, 6.07) is 17.5.